The van der Waals surface area contributed by atoms with Gasteiger partial charge in [0.1, 0.15) is 0 Å². The molecular formula is C8H13N3O2. The number of nitrogens with one attached hydrogen (secondary N) is 1. The lowest BCUT2D eigenvalue weighted by atomic mass is 10.0. The second-order valence-electron chi connectivity index (χ2n) is 3.45. The summed E-state index contributed by atoms with van der Waals surface area (Å²) >= 11 is 0. The van der Waals surface area contributed by atoms with Crippen molar-refractivity contribution in [3.05, 3.63) is 16.4 Å². The number of rotatable bonds is 1. The Morgan fingerprint density at radius 2 is 2.46 bits per heavy atom. The van der Waals surface area contributed by atoms with Gasteiger partial charge in [0, 0.05) is 0 Å². The highest BCUT2D eigenvalue weighted by Gasteiger charge is 2.25. The average molecular weight is 183 g/mol. The van der Waals surface area contributed by atoms with E-state index in [0.29, 0.717) is 5.89 Å². The second-order valence-corrected chi connectivity index (χ2v) is 3.45. The molecule has 0 aromatic carbocycles. The van der Waals surface area contributed by atoms with E-state index in [9.17, 15) is 4.79 Å². The first kappa shape index (κ1) is 8.50. The zero-order valence-electron chi connectivity index (χ0n) is 7.62. The Kier molecular flexibility index (Phi) is 2.18. The van der Waals surface area contributed by atoms with Gasteiger partial charge in [-0.3, -0.25) is 4.90 Å². The molecular weight excluding hydrogens is 170 g/mol. The van der Waals surface area contributed by atoms with Gasteiger partial charge in [0.05, 0.1) is 6.04 Å². The van der Waals surface area contributed by atoms with Crippen LogP contribution >= 0.6 is 0 Å². The lowest BCUT2D eigenvalue weighted by Gasteiger charge is -2.29. The molecule has 1 atom stereocenters. The van der Waals surface area contributed by atoms with Crippen LogP contribution in [0.1, 0.15) is 31.2 Å². The SMILES string of the molecule is CN1CCCCC1c1nc(=O)[nH]o1. The molecule has 0 saturated carbocycles. The molecule has 1 aromatic rings. The summed E-state index contributed by atoms with van der Waals surface area (Å²) in [5.41, 5.74) is -0.394. The molecule has 5 heteroatoms. The third-order valence-electron chi connectivity index (χ3n) is 2.51. The van der Waals surface area contributed by atoms with Crippen LogP contribution in [0.4, 0.5) is 0 Å². The molecule has 1 aromatic heterocycles. The predicted molar refractivity (Wildman–Crippen MR) is 46.3 cm³/mol. The van der Waals surface area contributed by atoms with E-state index < -0.39 is 5.69 Å². The minimum absolute atomic E-state index is 0.174. The fraction of sp³-hybridized carbons (Fsp3) is 0.750. The number of likely N-dealkylation sites (tertiary alicyclic amines) is 1. The molecule has 1 unspecified atom stereocenters. The van der Waals surface area contributed by atoms with Crippen LogP contribution in [0, 0.1) is 0 Å². The van der Waals surface area contributed by atoms with E-state index in [2.05, 4.69) is 15.0 Å². The van der Waals surface area contributed by atoms with Crippen LogP contribution < -0.4 is 5.69 Å². The Balaban J connectivity index is 2.19. The third kappa shape index (κ3) is 1.65. The molecule has 1 saturated heterocycles. The molecule has 72 valence electrons. The van der Waals surface area contributed by atoms with Crippen molar-refractivity contribution in [3.8, 4) is 0 Å². The number of nitrogens with zero attached hydrogens (tertiary/aromatic N) is 2. The van der Waals surface area contributed by atoms with Crippen LogP contribution in [0.5, 0.6) is 0 Å². The molecule has 0 amide bonds. The van der Waals surface area contributed by atoms with Crippen molar-refractivity contribution in [1.29, 1.82) is 0 Å². The maximum atomic E-state index is 10.8. The number of hydrogen-bond donors (Lipinski definition) is 1. The van der Waals surface area contributed by atoms with Crippen LogP contribution in [0.25, 0.3) is 0 Å². The van der Waals surface area contributed by atoms with E-state index in [-0.39, 0.29) is 6.04 Å². The minimum atomic E-state index is -0.394. The summed E-state index contributed by atoms with van der Waals surface area (Å²) in [5.74, 6) is 0.521. The largest absolute Gasteiger partial charge is 0.377 e. The Labute approximate surface area is 75.7 Å². The smallest absolute Gasteiger partial charge is 0.360 e. The summed E-state index contributed by atoms with van der Waals surface area (Å²) in [6.07, 6.45) is 3.40. The highest BCUT2D eigenvalue weighted by molar-refractivity contribution is 4.90. The molecule has 0 radical (unpaired) electrons. The van der Waals surface area contributed by atoms with Crippen molar-refractivity contribution >= 4 is 0 Å². The lowest BCUT2D eigenvalue weighted by molar-refractivity contribution is 0.150. The van der Waals surface area contributed by atoms with E-state index >= 15 is 0 Å². The fourth-order valence-corrected chi connectivity index (χ4v) is 1.77. The standard InChI is InChI=1S/C8H13N3O2/c1-11-5-3-2-4-6(11)7-9-8(12)10-13-7/h6H,2-5H2,1H3,(H,10,12). The predicted octanol–water partition coefficient (Wildman–Crippen LogP) is 0.520. The molecule has 13 heavy (non-hydrogen) atoms. The Morgan fingerprint density at radius 3 is 3.08 bits per heavy atom. The zero-order chi connectivity index (χ0) is 9.26. The average Bonchev–Trinajstić information content (AvgIpc) is 2.53. The van der Waals surface area contributed by atoms with Crippen molar-refractivity contribution in [3.63, 3.8) is 0 Å². The van der Waals surface area contributed by atoms with Crippen molar-refractivity contribution in [2.75, 3.05) is 13.6 Å². The molecule has 2 heterocycles. The van der Waals surface area contributed by atoms with Gasteiger partial charge in [-0.2, -0.15) is 10.1 Å². The zero-order valence-corrected chi connectivity index (χ0v) is 7.62. The molecule has 1 fully saturated rings. The topological polar surface area (TPSA) is 62.1 Å². The van der Waals surface area contributed by atoms with Gasteiger partial charge in [-0.25, -0.2) is 4.79 Å². The first-order chi connectivity index (χ1) is 6.27. The fourth-order valence-electron chi connectivity index (χ4n) is 1.77. The van der Waals surface area contributed by atoms with Crippen molar-refractivity contribution in [2.24, 2.45) is 0 Å². The summed E-state index contributed by atoms with van der Waals surface area (Å²) in [5, 5.41) is 2.22. The minimum Gasteiger partial charge on any atom is -0.360 e. The van der Waals surface area contributed by atoms with Crippen LogP contribution in [0.3, 0.4) is 0 Å². The van der Waals surface area contributed by atoms with Gasteiger partial charge >= 0.3 is 5.69 Å². The quantitative estimate of drug-likeness (QED) is 0.689. The van der Waals surface area contributed by atoms with Gasteiger partial charge in [-0.1, -0.05) is 6.42 Å². The van der Waals surface area contributed by atoms with E-state index in [1.165, 1.54) is 12.8 Å². The van der Waals surface area contributed by atoms with Gasteiger partial charge in [0.15, 0.2) is 0 Å². The summed E-state index contributed by atoms with van der Waals surface area (Å²) in [4.78, 5) is 16.7. The molecule has 1 aliphatic heterocycles. The van der Waals surface area contributed by atoms with Crippen molar-refractivity contribution in [2.45, 2.75) is 25.3 Å². The van der Waals surface area contributed by atoms with E-state index in [1.54, 1.807) is 0 Å². The van der Waals surface area contributed by atoms with Crippen LogP contribution in [-0.4, -0.2) is 28.6 Å². The summed E-state index contributed by atoms with van der Waals surface area (Å²) in [7, 11) is 2.03. The maximum Gasteiger partial charge on any atom is 0.377 e. The first-order valence-corrected chi connectivity index (χ1v) is 4.53. The van der Waals surface area contributed by atoms with E-state index in [4.69, 9.17) is 4.52 Å². The number of aromatic nitrogens is 2. The number of H-pyrrole nitrogens is 1. The first-order valence-electron chi connectivity index (χ1n) is 4.53. The van der Waals surface area contributed by atoms with E-state index in [0.717, 1.165) is 13.0 Å². The molecule has 2 rings (SSSR count). The Morgan fingerprint density at radius 1 is 1.62 bits per heavy atom. The highest BCUT2D eigenvalue weighted by atomic mass is 16.5. The van der Waals surface area contributed by atoms with Crippen molar-refractivity contribution in [1.82, 2.24) is 15.0 Å². The summed E-state index contributed by atoms with van der Waals surface area (Å²) in [6.45, 7) is 1.04. The van der Waals surface area contributed by atoms with Crippen LogP contribution in [0.2, 0.25) is 0 Å². The number of hydrogen-bond acceptors (Lipinski definition) is 4. The highest BCUT2D eigenvalue weighted by Crippen LogP contribution is 2.26. The number of aromatic amines is 1. The monoisotopic (exact) mass is 183 g/mol. The normalized spacial score (nSPS) is 24.8. The lowest BCUT2D eigenvalue weighted by Crippen LogP contribution is -2.30. The summed E-state index contributed by atoms with van der Waals surface area (Å²) in [6, 6.07) is 0.174. The van der Waals surface area contributed by atoms with Crippen LogP contribution in [0.15, 0.2) is 9.32 Å². The van der Waals surface area contributed by atoms with Gasteiger partial charge in [-0.15, -0.1) is 0 Å². The Bertz CT molecular complexity index is 330. The molecule has 0 spiro atoms. The molecule has 1 aliphatic rings. The summed E-state index contributed by atoms with van der Waals surface area (Å²) < 4.78 is 4.98. The molecule has 5 nitrogen and oxygen atoms in total. The molecule has 0 bridgehead atoms. The van der Waals surface area contributed by atoms with Gasteiger partial charge in [0.2, 0.25) is 5.89 Å². The maximum absolute atomic E-state index is 10.8. The van der Waals surface area contributed by atoms with Crippen LogP contribution in [-0.2, 0) is 0 Å². The van der Waals surface area contributed by atoms with Gasteiger partial charge in [0.25, 0.3) is 0 Å². The van der Waals surface area contributed by atoms with E-state index in [1.807, 2.05) is 7.05 Å². The third-order valence-corrected chi connectivity index (χ3v) is 2.51. The Hall–Kier alpha value is -1.10. The van der Waals surface area contributed by atoms with Gasteiger partial charge in [-0.05, 0) is 26.4 Å². The van der Waals surface area contributed by atoms with Crippen molar-refractivity contribution < 1.29 is 4.52 Å². The molecule has 1 N–H and O–H groups in total. The van der Waals surface area contributed by atoms with Gasteiger partial charge < -0.3 is 4.52 Å². The molecule has 0 aliphatic carbocycles. The number of piperidine rings is 1. The second kappa shape index (κ2) is 3.33.